The van der Waals surface area contributed by atoms with Crippen LogP contribution in [0.2, 0.25) is 0 Å². The number of carbonyl (C=O) groups is 1. The Bertz CT molecular complexity index is 890. The maximum absolute atomic E-state index is 13.2. The van der Waals surface area contributed by atoms with Crippen molar-refractivity contribution in [2.45, 2.75) is 32.7 Å². The molecule has 1 saturated heterocycles. The van der Waals surface area contributed by atoms with E-state index in [2.05, 4.69) is 10.3 Å². The van der Waals surface area contributed by atoms with Crippen molar-refractivity contribution in [3.63, 3.8) is 0 Å². The third kappa shape index (κ3) is 2.68. The normalized spacial score (nSPS) is 17.4. The number of thiophene rings is 1. The molecular weight excluding hydrogens is 336 g/mol. The van der Waals surface area contributed by atoms with Gasteiger partial charge in [0.15, 0.2) is 0 Å². The topological polar surface area (TPSA) is 64.2 Å². The molecule has 130 valence electrons. The molecule has 0 N–H and O–H groups in total. The van der Waals surface area contributed by atoms with Gasteiger partial charge in [0.05, 0.1) is 16.6 Å². The van der Waals surface area contributed by atoms with Crippen LogP contribution in [-0.2, 0) is 7.05 Å². The first-order chi connectivity index (χ1) is 12.1. The van der Waals surface area contributed by atoms with E-state index in [9.17, 15) is 4.79 Å². The van der Waals surface area contributed by atoms with Crippen LogP contribution in [0.4, 0.5) is 0 Å². The average Bonchev–Trinajstić information content (AvgIpc) is 3.34. The summed E-state index contributed by atoms with van der Waals surface area (Å²) >= 11 is 1.62. The van der Waals surface area contributed by atoms with E-state index in [1.165, 1.54) is 0 Å². The van der Waals surface area contributed by atoms with Gasteiger partial charge in [0, 0.05) is 19.2 Å². The standard InChI is InChI=1S/C18H20N4O2S/c1-11-17(12(2)24-20-11)14-6-4-8-22(14)18(23)15-10-13(19-21(15)3)16-7-5-9-25-16/h5,7,9-10,14H,4,6,8H2,1-3H3. The van der Waals surface area contributed by atoms with Crippen LogP contribution in [0, 0.1) is 13.8 Å². The highest BCUT2D eigenvalue weighted by molar-refractivity contribution is 7.13. The molecule has 3 aromatic heterocycles. The first kappa shape index (κ1) is 16.1. The lowest BCUT2D eigenvalue weighted by Crippen LogP contribution is -2.32. The summed E-state index contributed by atoms with van der Waals surface area (Å²) < 4.78 is 6.99. The largest absolute Gasteiger partial charge is 0.361 e. The molecule has 4 heterocycles. The quantitative estimate of drug-likeness (QED) is 0.717. The molecule has 0 aromatic carbocycles. The summed E-state index contributed by atoms with van der Waals surface area (Å²) in [6.07, 6.45) is 1.92. The number of amides is 1. The molecule has 0 bridgehead atoms. The van der Waals surface area contributed by atoms with Gasteiger partial charge in [-0.1, -0.05) is 11.2 Å². The van der Waals surface area contributed by atoms with E-state index >= 15 is 0 Å². The summed E-state index contributed by atoms with van der Waals surface area (Å²) in [5.74, 6) is 0.812. The number of likely N-dealkylation sites (tertiary alicyclic amines) is 1. The van der Waals surface area contributed by atoms with E-state index < -0.39 is 0 Å². The molecule has 1 amide bonds. The van der Waals surface area contributed by atoms with E-state index in [1.54, 1.807) is 16.0 Å². The number of carbonyl (C=O) groups excluding carboxylic acids is 1. The molecule has 0 aliphatic carbocycles. The van der Waals surface area contributed by atoms with Gasteiger partial charge in [-0.25, -0.2) is 0 Å². The van der Waals surface area contributed by atoms with E-state index in [1.807, 2.05) is 49.4 Å². The van der Waals surface area contributed by atoms with Crippen molar-refractivity contribution in [3.05, 3.63) is 46.3 Å². The van der Waals surface area contributed by atoms with Crippen molar-refractivity contribution >= 4 is 17.2 Å². The second-order valence-corrected chi connectivity index (χ2v) is 7.36. The monoisotopic (exact) mass is 356 g/mol. The Morgan fingerprint density at radius 3 is 2.92 bits per heavy atom. The van der Waals surface area contributed by atoms with Gasteiger partial charge >= 0.3 is 0 Å². The highest BCUT2D eigenvalue weighted by Gasteiger charge is 2.35. The van der Waals surface area contributed by atoms with Gasteiger partial charge in [-0.05, 0) is 44.2 Å². The lowest BCUT2D eigenvalue weighted by Gasteiger charge is -2.24. The zero-order valence-electron chi connectivity index (χ0n) is 14.5. The lowest BCUT2D eigenvalue weighted by molar-refractivity contribution is 0.0723. The Balaban J connectivity index is 1.67. The van der Waals surface area contributed by atoms with Crippen molar-refractivity contribution in [3.8, 4) is 10.6 Å². The number of rotatable bonds is 3. The summed E-state index contributed by atoms with van der Waals surface area (Å²) in [5, 5.41) is 10.6. The van der Waals surface area contributed by atoms with E-state index in [4.69, 9.17) is 4.52 Å². The van der Waals surface area contributed by atoms with Crippen LogP contribution in [-0.4, -0.2) is 32.3 Å². The fourth-order valence-electron chi connectivity index (χ4n) is 3.63. The van der Waals surface area contributed by atoms with Gasteiger partial charge in [-0.2, -0.15) is 5.10 Å². The number of nitrogens with zero attached hydrogens (tertiary/aromatic N) is 4. The highest BCUT2D eigenvalue weighted by atomic mass is 32.1. The molecule has 1 fully saturated rings. The van der Waals surface area contributed by atoms with E-state index in [-0.39, 0.29) is 11.9 Å². The molecule has 0 radical (unpaired) electrons. The number of hydrogen-bond donors (Lipinski definition) is 0. The Morgan fingerprint density at radius 2 is 2.24 bits per heavy atom. The van der Waals surface area contributed by atoms with Gasteiger partial charge in [0.1, 0.15) is 17.1 Å². The minimum absolute atomic E-state index is 0.0142. The minimum atomic E-state index is 0.0142. The zero-order chi connectivity index (χ0) is 17.6. The van der Waals surface area contributed by atoms with Gasteiger partial charge in [0.2, 0.25) is 0 Å². The lowest BCUT2D eigenvalue weighted by atomic mass is 10.0. The third-order valence-electron chi connectivity index (χ3n) is 4.81. The Labute approximate surface area is 150 Å². The molecule has 6 nitrogen and oxygen atoms in total. The molecule has 1 unspecified atom stereocenters. The molecule has 3 aromatic rings. The van der Waals surface area contributed by atoms with Crippen LogP contribution in [0.25, 0.3) is 10.6 Å². The molecule has 1 atom stereocenters. The highest BCUT2D eigenvalue weighted by Crippen LogP contribution is 2.36. The van der Waals surface area contributed by atoms with Crippen LogP contribution in [0.3, 0.4) is 0 Å². The van der Waals surface area contributed by atoms with Crippen molar-refractivity contribution in [1.29, 1.82) is 0 Å². The maximum atomic E-state index is 13.2. The maximum Gasteiger partial charge on any atom is 0.272 e. The van der Waals surface area contributed by atoms with Crippen LogP contribution in [0.15, 0.2) is 28.1 Å². The Hall–Kier alpha value is -2.41. The number of hydrogen-bond acceptors (Lipinski definition) is 5. The Morgan fingerprint density at radius 1 is 1.40 bits per heavy atom. The smallest absolute Gasteiger partial charge is 0.272 e. The number of aromatic nitrogens is 3. The molecule has 1 aliphatic rings. The van der Waals surface area contributed by atoms with E-state index in [0.717, 1.165) is 47.0 Å². The van der Waals surface area contributed by atoms with Gasteiger partial charge < -0.3 is 9.42 Å². The minimum Gasteiger partial charge on any atom is -0.361 e. The van der Waals surface area contributed by atoms with Crippen LogP contribution in [0.1, 0.15) is 46.4 Å². The third-order valence-corrected chi connectivity index (χ3v) is 5.70. The number of aryl methyl sites for hydroxylation is 3. The summed E-state index contributed by atoms with van der Waals surface area (Å²) in [4.78, 5) is 16.2. The van der Waals surface area contributed by atoms with Gasteiger partial charge in [-0.15, -0.1) is 11.3 Å². The molecule has 0 spiro atoms. The Kier molecular flexibility index (Phi) is 3.95. The zero-order valence-corrected chi connectivity index (χ0v) is 15.3. The predicted octanol–water partition coefficient (Wildman–Crippen LogP) is 3.73. The van der Waals surface area contributed by atoms with Crippen LogP contribution < -0.4 is 0 Å². The summed E-state index contributed by atoms with van der Waals surface area (Å²) in [5.41, 5.74) is 3.37. The summed E-state index contributed by atoms with van der Waals surface area (Å²) in [6, 6.07) is 5.92. The van der Waals surface area contributed by atoms with Crippen molar-refractivity contribution in [2.75, 3.05) is 6.54 Å². The fraction of sp³-hybridized carbons (Fsp3) is 0.389. The van der Waals surface area contributed by atoms with Crippen molar-refractivity contribution in [2.24, 2.45) is 7.05 Å². The first-order valence-corrected chi connectivity index (χ1v) is 9.26. The SMILES string of the molecule is Cc1noc(C)c1C1CCCN1C(=O)c1cc(-c2cccs2)nn1C. The van der Waals surface area contributed by atoms with Crippen molar-refractivity contribution < 1.29 is 9.32 Å². The van der Waals surface area contributed by atoms with E-state index in [0.29, 0.717) is 5.69 Å². The molecule has 1 aliphatic heterocycles. The predicted molar refractivity (Wildman–Crippen MR) is 95.5 cm³/mol. The van der Waals surface area contributed by atoms with Crippen molar-refractivity contribution in [1.82, 2.24) is 19.8 Å². The van der Waals surface area contributed by atoms with Gasteiger partial charge in [-0.3, -0.25) is 9.48 Å². The van der Waals surface area contributed by atoms with Gasteiger partial charge in [0.25, 0.3) is 5.91 Å². The average molecular weight is 356 g/mol. The second-order valence-electron chi connectivity index (χ2n) is 6.41. The molecule has 0 saturated carbocycles. The van der Waals surface area contributed by atoms with Crippen LogP contribution >= 0.6 is 11.3 Å². The molecule has 4 rings (SSSR count). The second kappa shape index (κ2) is 6.15. The molecular formula is C18H20N4O2S. The molecule has 25 heavy (non-hydrogen) atoms. The molecule has 7 heteroatoms. The first-order valence-electron chi connectivity index (χ1n) is 8.38. The summed E-state index contributed by atoms with van der Waals surface area (Å²) in [6.45, 7) is 4.59. The summed E-state index contributed by atoms with van der Waals surface area (Å²) in [7, 11) is 1.82. The fourth-order valence-corrected chi connectivity index (χ4v) is 4.32. The van der Waals surface area contributed by atoms with Crippen LogP contribution in [0.5, 0.6) is 0 Å².